The molecule has 1 aromatic carbocycles. The van der Waals surface area contributed by atoms with Gasteiger partial charge in [-0.3, -0.25) is 0 Å². The van der Waals surface area contributed by atoms with Gasteiger partial charge in [0, 0.05) is 19.7 Å². The highest BCUT2D eigenvalue weighted by molar-refractivity contribution is 5.76. The summed E-state index contributed by atoms with van der Waals surface area (Å²) in [6, 6.07) is 7.45. The molecule has 1 aromatic heterocycles. The first kappa shape index (κ1) is 18.3. The predicted octanol–water partition coefficient (Wildman–Crippen LogP) is 3.06. The van der Waals surface area contributed by atoms with Crippen molar-refractivity contribution in [3.8, 4) is 0 Å². The molecule has 0 radical (unpaired) electrons. The van der Waals surface area contributed by atoms with Gasteiger partial charge in [0.15, 0.2) is 0 Å². The monoisotopic (exact) mass is 332 g/mol. The van der Waals surface area contributed by atoms with E-state index in [0.717, 1.165) is 16.9 Å². The number of aromatic nitrogens is 2. The molecular weight excluding hydrogens is 304 g/mol. The smallest absolute Gasteiger partial charge is 0.317 e. The normalized spacial score (nSPS) is 13.0. The molecule has 1 unspecified atom stereocenters. The van der Waals surface area contributed by atoms with Crippen LogP contribution < -0.4 is 5.32 Å². The molecule has 0 aliphatic heterocycles. The summed E-state index contributed by atoms with van der Waals surface area (Å²) in [5.74, 6) is 0.738. The lowest BCUT2D eigenvalue weighted by molar-refractivity contribution is 0.162. The number of aliphatic hydroxyl groups is 1. The number of benzene rings is 1. The number of rotatable bonds is 6. The highest BCUT2D eigenvalue weighted by atomic mass is 16.3. The maximum Gasteiger partial charge on any atom is 0.317 e. The van der Waals surface area contributed by atoms with Crippen molar-refractivity contribution in [1.29, 1.82) is 0 Å². The largest absolute Gasteiger partial charge is 0.396 e. The number of nitrogens with one attached hydrogen (secondary N) is 2. The first-order valence-electron chi connectivity index (χ1n) is 8.41. The quantitative estimate of drug-likeness (QED) is 0.760. The van der Waals surface area contributed by atoms with Gasteiger partial charge in [-0.05, 0) is 30.9 Å². The molecule has 0 aliphatic rings. The molecule has 2 rings (SSSR count). The zero-order valence-electron chi connectivity index (χ0n) is 15.0. The number of amides is 2. The Kier molecular flexibility index (Phi) is 5.83. The van der Waals surface area contributed by atoms with Crippen LogP contribution in [0.1, 0.15) is 46.0 Å². The standard InChI is InChI=1S/C18H28N4O2/c1-13(16-20-14-8-5-6-9-15(14)21-16)19-17(24)22(10-7-11-23)12-18(2,3)4/h5-6,8-9,13,23H,7,10-12H2,1-4H3,(H,19,24)(H,20,21). The summed E-state index contributed by atoms with van der Waals surface area (Å²) in [4.78, 5) is 22.2. The number of para-hydroxylation sites is 2. The van der Waals surface area contributed by atoms with Gasteiger partial charge in [0.05, 0.1) is 17.1 Å². The van der Waals surface area contributed by atoms with Crippen molar-refractivity contribution in [2.45, 2.75) is 40.2 Å². The molecule has 0 saturated heterocycles. The first-order valence-corrected chi connectivity index (χ1v) is 8.41. The summed E-state index contributed by atoms with van der Waals surface area (Å²) in [6.45, 7) is 9.43. The maximum atomic E-state index is 12.6. The van der Waals surface area contributed by atoms with Crippen molar-refractivity contribution < 1.29 is 9.90 Å². The zero-order valence-corrected chi connectivity index (χ0v) is 15.0. The lowest BCUT2D eigenvalue weighted by Crippen LogP contribution is -2.45. The average Bonchev–Trinajstić information content (AvgIpc) is 2.94. The van der Waals surface area contributed by atoms with E-state index in [0.29, 0.717) is 19.5 Å². The minimum absolute atomic E-state index is 0.00457. The van der Waals surface area contributed by atoms with Gasteiger partial charge in [0.2, 0.25) is 0 Å². The number of nitrogens with zero attached hydrogens (tertiary/aromatic N) is 2. The van der Waals surface area contributed by atoms with Crippen LogP contribution in [-0.2, 0) is 0 Å². The average molecular weight is 332 g/mol. The summed E-state index contributed by atoms with van der Waals surface area (Å²) in [5.41, 5.74) is 1.84. The number of imidazole rings is 1. The molecule has 0 fully saturated rings. The summed E-state index contributed by atoms with van der Waals surface area (Å²) < 4.78 is 0. The highest BCUT2D eigenvalue weighted by Crippen LogP contribution is 2.18. The number of fused-ring (bicyclic) bond motifs is 1. The van der Waals surface area contributed by atoms with Crippen molar-refractivity contribution in [3.63, 3.8) is 0 Å². The lowest BCUT2D eigenvalue weighted by atomic mass is 9.96. The molecular formula is C18H28N4O2. The van der Waals surface area contributed by atoms with Gasteiger partial charge in [0.1, 0.15) is 5.82 Å². The summed E-state index contributed by atoms with van der Waals surface area (Å²) in [7, 11) is 0. The Hall–Kier alpha value is -2.08. The van der Waals surface area contributed by atoms with Gasteiger partial charge in [-0.1, -0.05) is 32.9 Å². The Morgan fingerprint density at radius 3 is 2.71 bits per heavy atom. The number of carbonyl (C=O) groups excluding carboxylic acids is 1. The van der Waals surface area contributed by atoms with E-state index in [1.165, 1.54) is 0 Å². The molecule has 2 aromatic rings. The molecule has 0 bridgehead atoms. The van der Waals surface area contributed by atoms with Crippen molar-refractivity contribution in [1.82, 2.24) is 20.2 Å². The van der Waals surface area contributed by atoms with E-state index in [4.69, 9.17) is 5.11 Å². The summed E-state index contributed by atoms with van der Waals surface area (Å²) >= 11 is 0. The van der Waals surface area contributed by atoms with Crippen molar-refractivity contribution >= 4 is 17.1 Å². The van der Waals surface area contributed by atoms with Crippen LogP contribution in [0, 0.1) is 5.41 Å². The zero-order chi connectivity index (χ0) is 17.7. The van der Waals surface area contributed by atoms with E-state index in [1.54, 1.807) is 4.90 Å². The van der Waals surface area contributed by atoms with Crippen LogP contribution >= 0.6 is 0 Å². The van der Waals surface area contributed by atoms with Crippen LogP contribution in [0.4, 0.5) is 4.79 Å². The van der Waals surface area contributed by atoms with Crippen molar-refractivity contribution in [2.24, 2.45) is 5.41 Å². The number of urea groups is 1. The Bertz CT molecular complexity index is 642. The maximum absolute atomic E-state index is 12.6. The Labute approximate surface area is 143 Å². The number of aromatic amines is 1. The molecule has 0 aliphatic carbocycles. The van der Waals surface area contributed by atoms with Crippen LogP contribution in [0.5, 0.6) is 0 Å². The van der Waals surface area contributed by atoms with Gasteiger partial charge >= 0.3 is 6.03 Å². The highest BCUT2D eigenvalue weighted by Gasteiger charge is 2.23. The molecule has 1 heterocycles. The fourth-order valence-electron chi connectivity index (χ4n) is 2.61. The second-order valence-electron chi connectivity index (χ2n) is 7.37. The van der Waals surface area contributed by atoms with Gasteiger partial charge in [-0.15, -0.1) is 0 Å². The third-order valence-electron chi connectivity index (χ3n) is 3.70. The van der Waals surface area contributed by atoms with Crippen molar-refractivity contribution in [2.75, 3.05) is 19.7 Å². The van der Waals surface area contributed by atoms with E-state index in [9.17, 15) is 4.79 Å². The third-order valence-corrected chi connectivity index (χ3v) is 3.70. The molecule has 0 spiro atoms. The van der Waals surface area contributed by atoms with Gasteiger partial charge in [0.25, 0.3) is 0 Å². The van der Waals surface area contributed by atoms with Gasteiger partial charge in [-0.2, -0.15) is 0 Å². The molecule has 6 nitrogen and oxygen atoms in total. The molecule has 3 N–H and O–H groups in total. The summed E-state index contributed by atoms with van der Waals surface area (Å²) in [6.07, 6.45) is 0.572. The van der Waals surface area contributed by atoms with E-state index in [2.05, 4.69) is 36.1 Å². The fraction of sp³-hybridized carbons (Fsp3) is 0.556. The van der Waals surface area contributed by atoms with Crippen LogP contribution in [0.15, 0.2) is 24.3 Å². The van der Waals surface area contributed by atoms with Crippen LogP contribution in [-0.4, -0.2) is 45.7 Å². The molecule has 6 heteroatoms. The SMILES string of the molecule is CC(NC(=O)N(CCCO)CC(C)(C)C)c1nc2ccccc2[nH]1. The van der Waals surface area contributed by atoms with Crippen LogP contribution in [0.3, 0.4) is 0 Å². The Balaban J connectivity index is 2.06. The molecule has 1 atom stereocenters. The van der Waals surface area contributed by atoms with E-state index in [1.807, 2.05) is 31.2 Å². The number of aliphatic hydroxyl groups excluding tert-OH is 1. The van der Waals surface area contributed by atoms with Gasteiger partial charge < -0.3 is 20.3 Å². The lowest BCUT2D eigenvalue weighted by Gasteiger charge is -2.31. The second kappa shape index (κ2) is 7.66. The number of hydrogen-bond acceptors (Lipinski definition) is 3. The molecule has 2 amide bonds. The minimum Gasteiger partial charge on any atom is -0.396 e. The topological polar surface area (TPSA) is 81.2 Å². The fourth-order valence-corrected chi connectivity index (χ4v) is 2.61. The molecule has 132 valence electrons. The number of hydrogen-bond donors (Lipinski definition) is 3. The third kappa shape index (κ3) is 4.96. The minimum atomic E-state index is -0.221. The Morgan fingerprint density at radius 1 is 1.38 bits per heavy atom. The van der Waals surface area contributed by atoms with Crippen LogP contribution in [0.25, 0.3) is 11.0 Å². The van der Waals surface area contributed by atoms with E-state index < -0.39 is 0 Å². The second-order valence-corrected chi connectivity index (χ2v) is 7.37. The number of carbonyl (C=O) groups is 1. The Morgan fingerprint density at radius 2 is 2.08 bits per heavy atom. The van der Waals surface area contributed by atoms with E-state index >= 15 is 0 Å². The van der Waals surface area contributed by atoms with E-state index in [-0.39, 0.29) is 24.1 Å². The van der Waals surface area contributed by atoms with Crippen molar-refractivity contribution in [3.05, 3.63) is 30.1 Å². The predicted molar refractivity (Wildman–Crippen MR) is 95.8 cm³/mol. The summed E-state index contributed by atoms with van der Waals surface area (Å²) in [5, 5.41) is 12.1. The first-order chi connectivity index (χ1) is 11.3. The molecule has 24 heavy (non-hydrogen) atoms. The van der Waals surface area contributed by atoms with Gasteiger partial charge in [-0.25, -0.2) is 9.78 Å². The molecule has 0 saturated carbocycles. The number of H-pyrrole nitrogens is 1. The van der Waals surface area contributed by atoms with Crippen LogP contribution in [0.2, 0.25) is 0 Å².